The largest absolute Gasteiger partial charge is 0.496 e. The van der Waals surface area contributed by atoms with Gasteiger partial charge in [-0.2, -0.15) is 0 Å². The van der Waals surface area contributed by atoms with Gasteiger partial charge < -0.3 is 4.74 Å². The Kier molecular flexibility index (Phi) is 4.23. The molecule has 0 spiro atoms. The van der Waals surface area contributed by atoms with Gasteiger partial charge in [0.15, 0.2) is 0 Å². The highest BCUT2D eigenvalue weighted by Gasteiger charge is 2.21. The maximum Gasteiger partial charge on any atom is 0.122 e. The van der Waals surface area contributed by atoms with Crippen molar-refractivity contribution >= 4 is 0 Å². The molecular weight excluding hydrogens is 229 g/mol. The van der Waals surface area contributed by atoms with E-state index in [1.165, 1.54) is 11.1 Å². The SMILES string of the molecule is COc1ccc(CN2CCC(F)C2)cc1C(C)C. The third-order valence-corrected chi connectivity index (χ3v) is 3.54. The molecule has 1 saturated heterocycles. The quantitative estimate of drug-likeness (QED) is 0.813. The number of ether oxygens (including phenoxy) is 1. The van der Waals surface area contributed by atoms with Crippen molar-refractivity contribution in [3.8, 4) is 5.75 Å². The van der Waals surface area contributed by atoms with E-state index in [9.17, 15) is 4.39 Å². The Hall–Kier alpha value is -1.09. The molecule has 1 unspecified atom stereocenters. The number of rotatable bonds is 4. The topological polar surface area (TPSA) is 12.5 Å². The smallest absolute Gasteiger partial charge is 0.122 e. The first-order chi connectivity index (χ1) is 8.60. The zero-order valence-electron chi connectivity index (χ0n) is 11.4. The summed E-state index contributed by atoms with van der Waals surface area (Å²) in [4.78, 5) is 2.18. The molecule has 2 nitrogen and oxygen atoms in total. The van der Waals surface area contributed by atoms with Crippen LogP contribution in [0, 0.1) is 0 Å². The maximum absolute atomic E-state index is 13.1. The van der Waals surface area contributed by atoms with Crippen LogP contribution in [0.1, 0.15) is 37.3 Å². The van der Waals surface area contributed by atoms with Crippen molar-refractivity contribution in [1.82, 2.24) is 4.90 Å². The van der Waals surface area contributed by atoms with E-state index in [2.05, 4.69) is 30.9 Å². The second kappa shape index (κ2) is 5.70. The van der Waals surface area contributed by atoms with Crippen LogP contribution in [0.4, 0.5) is 4.39 Å². The normalized spacial score (nSPS) is 20.6. The van der Waals surface area contributed by atoms with Crippen LogP contribution in [-0.2, 0) is 6.54 Å². The first-order valence-electron chi connectivity index (χ1n) is 6.63. The fourth-order valence-electron chi connectivity index (χ4n) is 2.52. The lowest BCUT2D eigenvalue weighted by Crippen LogP contribution is -2.20. The molecule has 1 aromatic carbocycles. The first kappa shape index (κ1) is 13.3. The summed E-state index contributed by atoms with van der Waals surface area (Å²) in [6.07, 6.45) is 0.0283. The van der Waals surface area contributed by atoms with Crippen LogP contribution >= 0.6 is 0 Å². The van der Waals surface area contributed by atoms with Gasteiger partial charge in [0.1, 0.15) is 11.9 Å². The van der Waals surface area contributed by atoms with Gasteiger partial charge in [-0.25, -0.2) is 4.39 Å². The van der Waals surface area contributed by atoms with Crippen LogP contribution < -0.4 is 4.74 Å². The van der Waals surface area contributed by atoms with Crippen molar-refractivity contribution in [2.75, 3.05) is 20.2 Å². The summed E-state index contributed by atoms with van der Waals surface area (Å²) >= 11 is 0. The average Bonchev–Trinajstić information content (AvgIpc) is 2.74. The molecule has 0 saturated carbocycles. The van der Waals surface area contributed by atoms with Crippen LogP contribution in [0.15, 0.2) is 18.2 Å². The number of hydrogen-bond acceptors (Lipinski definition) is 2. The van der Waals surface area contributed by atoms with Crippen molar-refractivity contribution in [2.24, 2.45) is 0 Å². The molecule has 0 amide bonds. The highest BCUT2D eigenvalue weighted by atomic mass is 19.1. The van der Waals surface area contributed by atoms with Gasteiger partial charge >= 0.3 is 0 Å². The second-order valence-corrected chi connectivity index (χ2v) is 5.35. The number of halogens is 1. The molecular formula is C15H22FNO. The molecule has 1 heterocycles. The van der Waals surface area contributed by atoms with E-state index in [4.69, 9.17) is 4.74 Å². The molecule has 0 bridgehead atoms. The standard InChI is InChI=1S/C15H22FNO/c1-11(2)14-8-12(4-5-15(14)18-3)9-17-7-6-13(16)10-17/h4-5,8,11,13H,6-7,9-10H2,1-3H3. The summed E-state index contributed by atoms with van der Waals surface area (Å²) in [7, 11) is 1.70. The number of likely N-dealkylation sites (tertiary alicyclic amines) is 1. The minimum atomic E-state index is -0.646. The van der Waals surface area contributed by atoms with Crippen LogP contribution in [0.3, 0.4) is 0 Å². The number of nitrogens with zero attached hydrogens (tertiary/aromatic N) is 1. The van der Waals surface area contributed by atoms with Crippen molar-refractivity contribution in [2.45, 2.75) is 38.9 Å². The molecule has 0 aliphatic carbocycles. The number of benzene rings is 1. The summed E-state index contributed by atoms with van der Waals surface area (Å²) in [6.45, 7) is 6.60. The predicted octanol–water partition coefficient (Wildman–Crippen LogP) is 3.36. The van der Waals surface area contributed by atoms with Crippen LogP contribution in [0.2, 0.25) is 0 Å². The Labute approximate surface area is 109 Å². The molecule has 1 aromatic rings. The van der Waals surface area contributed by atoms with Crippen molar-refractivity contribution < 1.29 is 9.13 Å². The van der Waals surface area contributed by atoms with Gasteiger partial charge in [0.05, 0.1) is 7.11 Å². The molecule has 1 aliphatic heterocycles. The summed E-state index contributed by atoms with van der Waals surface area (Å²) in [5, 5.41) is 0. The highest BCUT2D eigenvalue weighted by molar-refractivity contribution is 5.39. The van der Waals surface area contributed by atoms with E-state index in [1.54, 1.807) is 7.11 Å². The lowest BCUT2D eigenvalue weighted by atomic mass is 9.99. The van der Waals surface area contributed by atoms with Crippen molar-refractivity contribution in [3.05, 3.63) is 29.3 Å². The van der Waals surface area contributed by atoms with Gasteiger partial charge in [-0.3, -0.25) is 4.90 Å². The predicted molar refractivity (Wildman–Crippen MR) is 71.9 cm³/mol. The molecule has 1 aliphatic rings. The number of methoxy groups -OCH3 is 1. The Balaban J connectivity index is 2.11. The molecule has 100 valence electrons. The lowest BCUT2D eigenvalue weighted by Gasteiger charge is -2.17. The summed E-state index contributed by atoms with van der Waals surface area (Å²) in [5.74, 6) is 1.38. The molecule has 1 fully saturated rings. The van der Waals surface area contributed by atoms with Gasteiger partial charge in [-0.05, 0) is 29.5 Å². The van der Waals surface area contributed by atoms with Crippen molar-refractivity contribution in [1.29, 1.82) is 0 Å². The van der Waals surface area contributed by atoms with Crippen LogP contribution in [-0.4, -0.2) is 31.3 Å². The third-order valence-electron chi connectivity index (χ3n) is 3.54. The van der Waals surface area contributed by atoms with Gasteiger partial charge in [0.25, 0.3) is 0 Å². The molecule has 1 atom stereocenters. The number of alkyl halides is 1. The first-order valence-corrected chi connectivity index (χ1v) is 6.63. The lowest BCUT2D eigenvalue weighted by molar-refractivity contribution is 0.282. The Morgan fingerprint density at radius 2 is 2.22 bits per heavy atom. The van der Waals surface area contributed by atoms with E-state index in [1.807, 2.05) is 6.07 Å². The molecule has 0 aromatic heterocycles. The summed E-state index contributed by atoms with van der Waals surface area (Å²) < 4.78 is 18.5. The second-order valence-electron chi connectivity index (χ2n) is 5.35. The zero-order chi connectivity index (χ0) is 13.1. The molecule has 3 heteroatoms. The minimum absolute atomic E-state index is 0.437. The fourth-order valence-corrected chi connectivity index (χ4v) is 2.52. The van der Waals surface area contributed by atoms with Gasteiger partial charge in [0, 0.05) is 19.6 Å². The molecule has 0 radical (unpaired) electrons. The van der Waals surface area contributed by atoms with E-state index < -0.39 is 6.17 Å². The fraction of sp³-hybridized carbons (Fsp3) is 0.600. The Bertz CT molecular complexity index is 405. The number of hydrogen-bond donors (Lipinski definition) is 0. The van der Waals surface area contributed by atoms with Gasteiger partial charge in [-0.1, -0.05) is 26.0 Å². The van der Waals surface area contributed by atoms with E-state index >= 15 is 0 Å². The molecule has 0 N–H and O–H groups in total. The van der Waals surface area contributed by atoms with Crippen LogP contribution in [0.5, 0.6) is 5.75 Å². The van der Waals surface area contributed by atoms with Gasteiger partial charge in [-0.15, -0.1) is 0 Å². The Morgan fingerprint density at radius 3 is 2.78 bits per heavy atom. The average molecular weight is 251 g/mol. The Morgan fingerprint density at radius 1 is 1.44 bits per heavy atom. The zero-order valence-corrected chi connectivity index (χ0v) is 11.4. The maximum atomic E-state index is 13.1. The van der Waals surface area contributed by atoms with E-state index in [-0.39, 0.29) is 0 Å². The monoisotopic (exact) mass is 251 g/mol. The van der Waals surface area contributed by atoms with Gasteiger partial charge in [0.2, 0.25) is 0 Å². The van der Waals surface area contributed by atoms with Crippen LogP contribution in [0.25, 0.3) is 0 Å². The summed E-state index contributed by atoms with van der Waals surface area (Å²) in [5.41, 5.74) is 2.47. The molecule has 2 rings (SSSR count). The highest BCUT2D eigenvalue weighted by Crippen LogP contribution is 2.28. The third kappa shape index (κ3) is 3.02. The summed E-state index contributed by atoms with van der Waals surface area (Å²) in [6, 6.07) is 6.29. The minimum Gasteiger partial charge on any atom is -0.496 e. The molecule has 18 heavy (non-hydrogen) atoms. The van der Waals surface area contributed by atoms with Crippen molar-refractivity contribution in [3.63, 3.8) is 0 Å². The van der Waals surface area contributed by atoms with E-state index in [0.717, 1.165) is 18.8 Å². The van der Waals surface area contributed by atoms with E-state index in [0.29, 0.717) is 18.9 Å².